The van der Waals surface area contributed by atoms with Crippen LogP contribution in [0.4, 0.5) is 5.69 Å². The smallest absolute Gasteiger partial charge is 0.266 e. The Bertz CT molecular complexity index is 1360. The van der Waals surface area contributed by atoms with Gasteiger partial charge in [0.2, 0.25) is 0 Å². The molecule has 3 aromatic carbocycles. The summed E-state index contributed by atoms with van der Waals surface area (Å²) in [6.07, 6.45) is 3.72. The van der Waals surface area contributed by atoms with Crippen LogP contribution >= 0.6 is 0 Å². The maximum Gasteiger partial charge on any atom is 0.266 e. The molecule has 1 heterocycles. The molecule has 0 unspecified atom stereocenters. The summed E-state index contributed by atoms with van der Waals surface area (Å²) in [7, 11) is 0. The largest absolute Gasteiger partial charge is 0.383 e. The van der Waals surface area contributed by atoms with Crippen LogP contribution < -0.4 is 10.9 Å². The van der Waals surface area contributed by atoms with Crippen molar-refractivity contribution in [2.45, 2.75) is 19.9 Å². The van der Waals surface area contributed by atoms with Crippen molar-refractivity contribution < 1.29 is 0 Å². The number of benzene rings is 3. The molecule has 0 fully saturated rings. The second-order valence-electron chi connectivity index (χ2n) is 7.54. The average Bonchev–Trinajstić information content (AvgIpc) is 2.78. The Kier molecular flexibility index (Phi) is 5.63. The molecule has 4 rings (SSSR count). The number of nitrogens with zero attached hydrogens (tertiary/aromatic N) is 3. The van der Waals surface area contributed by atoms with E-state index in [0.29, 0.717) is 22.3 Å². The van der Waals surface area contributed by atoms with Crippen LogP contribution in [0.3, 0.4) is 0 Å². The van der Waals surface area contributed by atoms with Crippen LogP contribution in [0.25, 0.3) is 28.7 Å². The standard InChI is InChI=1S/C26H22N4O/c1-18(2)28-21-6-5-7-22(16-21)30-25(15-14-19-10-12-20(17-27)13-11-19)29-24-9-4-3-8-23(24)26(30)31/h3-16,18,28H,1-2H3/b15-14+. The van der Waals surface area contributed by atoms with E-state index >= 15 is 0 Å². The molecule has 0 saturated carbocycles. The molecule has 152 valence electrons. The van der Waals surface area contributed by atoms with E-state index in [-0.39, 0.29) is 11.6 Å². The van der Waals surface area contributed by atoms with Crippen LogP contribution in [0.15, 0.2) is 77.6 Å². The number of hydrogen-bond acceptors (Lipinski definition) is 4. The maximum atomic E-state index is 13.4. The number of nitriles is 1. The lowest BCUT2D eigenvalue weighted by Gasteiger charge is -2.14. The van der Waals surface area contributed by atoms with Crippen molar-refractivity contribution in [1.82, 2.24) is 9.55 Å². The Balaban J connectivity index is 1.87. The monoisotopic (exact) mass is 406 g/mol. The zero-order valence-corrected chi connectivity index (χ0v) is 17.4. The lowest BCUT2D eigenvalue weighted by molar-refractivity contribution is 0.896. The molecule has 0 spiro atoms. The second kappa shape index (κ2) is 8.68. The molecule has 5 heteroatoms. The Morgan fingerprint density at radius 3 is 2.52 bits per heavy atom. The molecule has 0 bridgehead atoms. The Labute approximate surface area is 180 Å². The first kappa shape index (κ1) is 20.1. The average molecular weight is 406 g/mol. The third-order valence-electron chi connectivity index (χ3n) is 4.83. The van der Waals surface area contributed by atoms with Crippen molar-refractivity contribution >= 4 is 28.7 Å². The normalized spacial score (nSPS) is 11.2. The molecule has 0 aliphatic carbocycles. The molecule has 0 amide bonds. The van der Waals surface area contributed by atoms with Gasteiger partial charge in [0, 0.05) is 11.7 Å². The van der Waals surface area contributed by atoms with Crippen molar-refractivity contribution in [2.24, 2.45) is 0 Å². The van der Waals surface area contributed by atoms with E-state index in [4.69, 9.17) is 10.2 Å². The van der Waals surface area contributed by atoms with Crippen molar-refractivity contribution in [2.75, 3.05) is 5.32 Å². The molecule has 31 heavy (non-hydrogen) atoms. The highest BCUT2D eigenvalue weighted by Crippen LogP contribution is 2.19. The van der Waals surface area contributed by atoms with Gasteiger partial charge >= 0.3 is 0 Å². The summed E-state index contributed by atoms with van der Waals surface area (Å²) in [5.74, 6) is 0.537. The third-order valence-corrected chi connectivity index (χ3v) is 4.83. The number of hydrogen-bond donors (Lipinski definition) is 1. The molecule has 1 N–H and O–H groups in total. The number of fused-ring (bicyclic) bond motifs is 1. The summed E-state index contributed by atoms with van der Waals surface area (Å²) in [4.78, 5) is 18.2. The van der Waals surface area contributed by atoms with Gasteiger partial charge < -0.3 is 5.32 Å². The lowest BCUT2D eigenvalue weighted by atomic mass is 10.1. The highest BCUT2D eigenvalue weighted by molar-refractivity contribution is 5.80. The first-order valence-corrected chi connectivity index (χ1v) is 10.1. The molecule has 0 atom stereocenters. The minimum atomic E-state index is -0.119. The molecular formula is C26H22N4O. The molecule has 0 radical (unpaired) electrons. The summed E-state index contributed by atoms with van der Waals surface area (Å²) >= 11 is 0. The molecule has 5 nitrogen and oxygen atoms in total. The minimum absolute atomic E-state index is 0.119. The van der Waals surface area contributed by atoms with Gasteiger partial charge in [-0.05, 0) is 68.0 Å². The zero-order chi connectivity index (χ0) is 21.8. The van der Waals surface area contributed by atoms with Gasteiger partial charge in [0.1, 0.15) is 5.82 Å². The summed E-state index contributed by atoms with van der Waals surface area (Å²) in [5.41, 5.74) is 3.74. The van der Waals surface area contributed by atoms with Crippen LogP contribution in [-0.4, -0.2) is 15.6 Å². The van der Waals surface area contributed by atoms with E-state index in [1.54, 1.807) is 22.8 Å². The summed E-state index contributed by atoms with van der Waals surface area (Å²) in [5, 5.41) is 12.9. The van der Waals surface area contributed by atoms with Gasteiger partial charge in [-0.1, -0.05) is 36.4 Å². The predicted octanol–water partition coefficient (Wildman–Crippen LogP) is 5.25. The van der Waals surface area contributed by atoms with Gasteiger partial charge in [0.05, 0.1) is 28.2 Å². The van der Waals surface area contributed by atoms with Gasteiger partial charge in [-0.3, -0.25) is 9.36 Å². The molecular weight excluding hydrogens is 384 g/mol. The van der Waals surface area contributed by atoms with Gasteiger partial charge in [0.25, 0.3) is 5.56 Å². The van der Waals surface area contributed by atoms with E-state index in [9.17, 15) is 4.79 Å². The highest BCUT2D eigenvalue weighted by atomic mass is 16.1. The van der Waals surface area contributed by atoms with E-state index in [2.05, 4.69) is 25.2 Å². The fourth-order valence-corrected chi connectivity index (χ4v) is 3.42. The summed E-state index contributed by atoms with van der Waals surface area (Å²) < 4.78 is 1.63. The van der Waals surface area contributed by atoms with Crippen LogP contribution in [0.1, 0.15) is 30.8 Å². The first-order valence-electron chi connectivity index (χ1n) is 10.1. The van der Waals surface area contributed by atoms with Crippen LogP contribution in [0, 0.1) is 11.3 Å². The minimum Gasteiger partial charge on any atom is -0.383 e. The van der Waals surface area contributed by atoms with E-state index in [1.165, 1.54) is 0 Å². The Hall–Kier alpha value is -4.17. The van der Waals surface area contributed by atoms with E-state index < -0.39 is 0 Å². The molecule has 0 aliphatic rings. The van der Waals surface area contributed by atoms with Crippen molar-refractivity contribution in [3.05, 3.63) is 100 Å². The zero-order valence-electron chi connectivity index (χ0n) is 17.4. The van der Waals surface area contributed by atoms with Crippen LogP contribution in [0.2, 0.25) is 0 Å². The number of nitrogens with one attached hydrogen (secondary N) is 1. The maximum absolute atomic E-state index is 13.4. The van der Waals surface area contributed by atoms with Gasteiger partial charge in [-0.15, -0.1) is 0 Å². The van der Waals surface area contributed by atoms with Crippen LogP contribution in [-0.2, 0) is 0 Å². The number of aromatic nitrogens is 2. The fourth-order valence-electron chi connectivity index (χ4n) is 3.42. The molecule has 1 aromatic heterocycles. The summed E-state index contributed by atoms with van der Waals surface area (Å²) in [6.45, 7) is 4.14. The highest BCUT2D eigenvalue weighted by Gasteiger charge is 2.11. The van der Waals surface area contributed by atoms with Crippen molar-refractivity contribution in [3.63, 3.8) is 0 Å². The Morgan fingerprint density at radius 1 is 1.00 bits per heavy atom. The first-order chi connectivity index (χ1) is 15.0. The fraction of sp³-hybridized carbons (Fsp3) is 0.115. The third kappa shape index (κ3) is 4.39. The number of rotatable bonds is 5. The van der Waals surface area contributed by atoms with Crippen molar-refractivity contribution in [3.8, 4) is 11.8 Å². The Morgan fingerprint density at radius 2 is 1.77 bits per heavy atom. The molecule has 0 saturated heterocycles. The van der Waals surface area contributed by atoms with Crippen LogP contribution in [0.5, 0.6) is 0 Å². The SMILES string of the molecule is CC(C)Nc1cccc(-n2c(/C=C/c3ccc(C#N)cc3)nc3ccccc3c2=O)c1. The van der Waals surface area contributed by atoms with E-state index in [0.717, 1.165) is 16.9 Å². The quantitative estimate of drug-likeness (QED) is 0.491. The van der Waals surface area contributed by atoms with Gasteiger partial charge in [-0.25, -0.2) is 4.98 Å². The van der Waals surface area contributed by atoms with Crippen molar-refractivity contribution in [1.29, 1.82) is 5.26 Å². The molecule has 0 aliphatic heterocycles. The molecule has 4 aromatic rings. The predicted molar refractivity (Wildman–Crippen MR) is 126 cm³/mol. The van der Waals surface area contributed by atoms with Gasteiger partial charge in [-0.2, -0.15) is 5.26 Å². The number of para-hydroxylation sites is 1. The van der Waals surface area contributed by atoms with Gasteiger partial charge in [0.15, 0.2) is 0 Å². The second-order valence-corrected chi connectivity index (χ2v) is 7.54. The topological polar surface area (TPSA) is 70.7 Å². The lowest BCUT2D eigenvalue weighted by Crippen LogP contribution is -2.22. The summed E-state index contributed by atoms with van der Waals surface area (Å²) in [6, 6.07) is 24.8. The number of anilines is 1. The van der Waals surface area contributed by atoms with E-state index in [1.807, 2.05) is 66.7 Å².